The molecule has 0 aliphatic heterocycles. The number of aromatic nitrogens is 2. The van der Waals surface area contributed by atoms with Crippen LogP contribution in [-0.4, -0.2) is 15.8 Å². The molecule has 6 nitrogen and oxygen atoms in total. The summed E-state index contributed by atoms with van der Waals surface area (Å²) in [6.45, 7) is 2.37. The quantitative estimate of drug-likeness (QED) is 0.360. The highest BCUT2D eigenvalue weighted by atomic mass is 16.5. The molecular weight excluding hydrogens is 414 g/mol. The van der Waals surface area contributed by atoms with Gasteiger partial charge in [0.15, 0.2) is 17.2 Å². The molecule has 2 aromatic heterocycles. The van der Waals surface area contributed by atoms with E-state index >= 15 is 0 Å². The fourth-order valence-corrected chi connectivity index (χ4v) is 2.83. The molecule has 6 heteroatoms. The second kappa shape index (κ2) is 12.4. The molecule has 0 amide bonds. The minimum absolute atomic E-state index is 0.0892. The lowest BCUT2D eigenvalue weighted by Gasteiger charge is -2.08. The van der Waals surface area contributed by atoms with E-state index in [9.17, 15) is 4.79 Å². The van der Waals surface area contributed by atoms with E-state index in [0.29, 0.717) is 36.1 Å². The SMILES string of the molecule is CC(=O)c1ncccc1OCc1ccccc1.N#Cc1ncccc1OCc1ccccc1. The maximum Gasteiger partial charge on any atom is 0.182 e. The zero-order chi connectivity index (χ0) is 23.3. The molecule has 33 heavy (non-hydrogen) atoms. The van der Waals surface area contributed by atoms with Gasteiger partial charge in [0.25, 0.3) is 0 Å². The van der Waals surface area contributed by atoms with Crippen molar-refractivity contribution < 1.29 is 14.3 Å². The third-order valence-corrected chi connectivity index (χ3v) is 4.46. The van der Waals surface area contributed by atoms with Crippen molar-refractivity contribution in [1.29, 1.82) is 5.26 Å². The Morgan fingerprint density at radius 1 is 0.758 bits per heavy atom. The van der Waals surface area contributed by atoms with E-state index in [-0.39, 0.29) is 5.78 Å². The molecule has 4 rings (SSSR count). The maximum atomic E-state index is 11.3. The normalized spacial score (nSPS) is 9.70. The number of hydrogen-bond acceptors (Lipinski definition) is 6. The number of rotatable bonds is 7. The number of Topliss-reactive ketones (excluding diaryl/α,β-unsaturated/α-hetero) is 1. The summed E-state index contributed by atoms with van der Waals surface area (Å²) < 4.78 is 11.1. The van der Waals surface area contributed by atoms with Crippen LogP contribution >= 0.6 is 0 Å². The van der Waals surface area contributed by atoms with Crippen LogP contribution in [-0.2, 0) is 13.2 Å². The van der Waals surface area contributed by atoms with Gasteiger partial charge < -0.3 is 9.47 Å². The van der Waals surface area contributed by atoms with Crippen molar-refractivity contribution in [3.63, 3.8) is 0 Å². The summed E-state index contributed by atoms with van der Waals surface area (Å²) in [5.41, 5.74) is 2.82. The summed E-state index contributed by atoms with van der Waals surface area (Å²) in [7, 11) is 0. The molecule has 0 atom stereocenters. The fraction of sp³-hybridized carbons (Fsp3) is 0.111. The van der Waals surface area contributed by atoms with Crippen LogP contribution in [0.2, 0.25) is 0 Å². The van der Waals surface area contributed by atoms with E-state index in [1.165, 1.54) is 6.92 Å². The molecule has 0 spiro atoms. The van der Waals surface area contributed by atoms with E-state index in [1.54, 1.807) is 36.7 Å². The third-order valence-electron chi connectivity index (χ3n) is 4.46. The van der Waals surface area contributed by atoms with Crippen LogP contribution < -0.4 is 9.47 Å². The van der Waals surface area contributed by atoms with Gasteiger partial charge in [-0.2, -0.15) is 5.26 Å². The Balaban J connectivity index is 0.000000186. The lowest BCUT2D eigenvalue weighted by Crippen LogP contribution is -2.03. The highest BCUT2D eigenvalue weighted by Crippen LogP contribution is 2.17. The molecule has 2 heterocycles. The average Bonchev–Trinajstić information content (AvgIpc) is 2.88. The topological polar surface area (TPSA) is 85.1 Å². The zero-order valence-corrected chi connectivity index (χ0v) is 18.2. The number of ketones is 1. The Bertz CT molecular complexity index is 1210. The number of carbonyl (C=O) groups is 1. The smallest absolute Gasteiger partial charge is 0.182 e. The first-order chi connectivity index (χ1) is 16.2. The monoisotopic (exact) mass is 437 g/mol. The Hall–Kier alpha value is -4.50. The molecule has 0 unspecified atom stereocenters. The van der Waals surface area contributed by atoms with Gasteiger partial charge in [0.05, 0.1) is 0 Å². The summed E-state index contributed by atoms with van der Waals surface area (Å²) in [5, 5.41) is 8.82. The number of benzene rings is 2. The highest BCUT2D eigenvalue weighted by molar-refractivity contribution is 5.94. The minimum atomic E-state index is -0.0892. The van der Waals surface area contributed by atoms with Crippen LogP contribution in [0.3, 0.4) is 0 Å². The van der Waals surface area contributed by atoms with Crippen LogP contribution in [0.25, 0.3) is 0 Å². The van der Waals surface area contributed by atoms with Crippen molar-refractivity contribution in [3.8, 4) is 17.6 Å². The van der Waals surface area contributed by atoms with Crippen LogP contribution in [0.1, 0.15) is 34.2 Å². The average molecular weight is 437 g/mol. The molecule has 0 aliphatic rings. The molecule has 0 fully saturated rings. The predicted molar refractivity (Wildman–Crippen MR) is 125 cm³/mol. The van der Waals surface area contributed by atoms with Gasteiger partial charge in [0.1, 0.15) is 30.7 Å². The van der Waals surface area contributed by atoms with E-state index < -0.39 is 0 Å². The third kappa shape index (κ3) is 7.30. The van der Waals surface area contributed by atoms with Gasteiger partial charge in [-0.15, -0.1) is 0 Å². The van der Waals surface area contributed by atoms with Crippen molar-refractivity contribution in [2.75, 3.05) is 0 Å². The number of carbonyl (C=O) groups excluding carboxylic acids is 1. The Morgan fingerprint density at radius 3 is 1.82 bits per heavy atom. The lowest BCUT2D eigenvalue weighted by atomic mass is 10.2. The predicted octanol–water partition coefficient (Wildman–Crippen LogP) is 5.40. The van der Waals surface area contributed by atoms with E-state index in [2.05, 4.69) is 9.97 Å². The molecule has 0 radical (unpaired) electrons. The first-order valence-electron chi connectivity index (χ1n) is 10.3. The summed E-state index contributed by atoms with van der Waals surface area (Å²) in [5.74, 6) is 0.964. The Labute approximate surface area is 193 Å². The van der Waals surface area contributed by atoms with Crippen LogP contribution in [0.5, 0.6) is 11.5 Å². The minimum Gasteiger partial charge on any atom is -0.487 e. The molecule has 0 bridgehead atoms. The molecule has 0 saturated carbocycles. The van der Waals surface area contributed by atoms with E-state index in [0.717, 1.165) is 11.1 Å². The summed E-state index contributed by atoms with van der Waals surface area (Å²) >= 11 is 0. The largest absolute Gasteiger partial charge is 0.487 e. The van der Waals surface area contributed by atoms with Crippen molar-refractivity contribution in [2.45, 2.75) is 20.1 Å². The fourth-order valence-electron chi connectivity index (χ4n) is 2.83. The van der Waals surface area contributed by atoms with Crippen LogP contribution in [0, 0.1) is 11.3 Å². The van der Waals surface area contributed by atoms with Gasteiger partial charge in [-0.1, -0.05) is 60.7 Å². The van der Waals surface area contributed by atoms with Gasteiger partial charge in [-0.25, -0.2) is 9.97 Å². The van der Waals surface area contributed by atoms with E-state index in [1.807, 2.05) is 66.7 Å². The number of pyridine rings is 2. The maximum absolute atomic E-state index is 11.3. The van der Waals surface area contributed by atoms with E-state index in [4.69, 9.17) is 14.7 Å². The number of nitriles is 1. The first-order valence-corrected chi connectivity index (χ1v) is 10.3. The Kier molecular flexibility index (Phi) is 8.69. The molecule has 0 N–H and O–H groups in total. The van der Waals surface area contributed by atoms with Gasteiger partial charge in [-0.05, 0) is 35.4 Å². The summed E-state index contributed by atoms with van der Waals surface area (Å²) in [6.07, 6.45) is 3.17. The number of hydrogen-bond donors (Lipinski definition) is 0. The zero-order valence-electron chi connectivity index (χ0n) is 18.2. The lowest BCUT2D eigenvalue weighted by molar-refractivity contribution is 0.100. The van der Waals surface area contributed by atoms with Gasteiger partial charge in [-0.3, -0.25) is 4.79 Å². The summed E-state index contributed by atoms with van der Waals surface area (Å²) in [4.78, 5) is 19.3. The molecule has 164 valence electrons. The van der Waals surface area contributed by atoms with Crippen molar-refractivity contribution in [1.82, 2.24) is 9.97 Å². The number of nitrogens with zero attached hydrogens (tertiary/aromatic N) is 3. The molecule has 0 aliphatic carbocycles. The van der Waals surface area contributed by atoms with Crippen molar-refractivity contribution in [2.24, 2.45) is 0 Å². The van der Waals surface area contributed by atoms with Crippen molar-refractivity contribution >= 4 is 5.78 Å². The second-order valence-corrected chi connectivity index (χ2v) is 6.92. The Morgan fingerprint density at radius 2 is 1.27 bits per heavy atom. The highest BCUT2D eigenvalue weighted by Gasteiger charge is 2.09. The number of ether oxygens (including phenoxy) is 2. The van der Waals surface area contributed by atoms with Crippen LogP contribution in [0.15, 0.2) is 97.3 Å². The molecular formula is C27H23N3O3. The van der Waals surface area contributed by atoms with Gasteiger partial charge in [0, 0.05) is 19.3 Å². The van der Waals surface area contributed by atoms with Gasteiger partial charge in [0.2, 0.25) is 0 Å². The molecule has 4 aromatic rings. The van der Waals surface area contributed by atoms with Gasteiger partial charge >= 0.3 is 0 Å². The second-order valence-electron chi connectivity index (χ2n) is 6.92. The van der Waals surface area contributed by atoms with Crippen LogP contribution in [0.4, 0.5) is 0 Å². The molecule has 2 aromatic carbocycles. The van der Waals surface area contributed by atoms with Crippen molar-refractivity contribution in [3.05, 3.63) is 120 Å². The molecule has 0 saturated heterocycles. The standard InChI is InChI=1S/C14H13NO2.C13H10N2O/c1-11(16)14-13(8-5-9-15-14)17-10-12-6-3-2-4-7-12;14-9-12-13(7-4-8-15-12)16-10-11-5-2-1-3-6-11/h2-9H,10H2,1H3;1-8H,10H2. The summed E-state index contributed by atoms with van der Waals surface area (Å²) in [6, 6.07) is 28.6. The first kappa shape index (κ1) is 23.2.